The van der Waals surface area contributed by atoms with E-state index in [9.17, 15) is 0 Å². The predicted molar refractivity (Wildman–Crippen MR) is 85.2 cm³/mol. The Labute approximate surface area is 125 Å². The van der Waals surface area contributed by atoms with Gasteiger partial charge in [0, 0.05) is 18.6 Å². The molecule has 1 aliphatic heterocycles. The van der Waals surface area contributed by atoms with Crippen LogP contribution in [0.4, 0.5) is 0 Å². The summed E-state index contributed by atoms with van der Waals surface area (Å²) in [4.78, 5) is 4.82. The van der Waals surface area contributed by atoms with E-state index in [4.69, 9.17) is 9.73 Å². The first-order valence-electron chi connectivity index (χ1n) is 7.72. The first-order valence-corrected chi connectivity index (χ1v) is 7.72. The number of aryl methyl sites for hydroxylation is 1. The van der Waals surface area contributed by atoms with Gasteiger partial charge in [0.25, 0.3) is 0 Å². The Kier molecular flexibility index (Phi) is 3.23. The maximum Gasteiger partial charge on any atom is 0.122 e. The molecule has 0 fully saturated rings. The Hall–Kier alpha value is -2.09. The van der Waals surface area contributed by atoms with Crippen molar-refractivity contribution in [2.24, 2.45) is 4.99 Å². The molecule has 2 aliphatic rings. The molecule has 1 aliphatic carbocycles. The molecular formula is C19H19NO. The molecule has 0 spiro atoms. The van der Waals surface area contributed by atoms with E-state index < -0.39 is 0 Å². The molecule has 2 aromatic rings. The fourth-order valence-corrected chi connectivity index (χ4v) is 3.22. The molecule has 0 aromatic heterocycles. The lowest BCUT2D eigenvalue weighted by Crippen LogP contribution is -2.14. The second kappa shape index (κ2) is 5.36. The van der Waals surface area contributed by atoms with Crippen LogP contribution in [0.15, 0.2) is 47.5 Å². The topological polar surface area (TPSA) is 21.6 Å². The van der Waals surface area contributed by atoms with E-state index in [0.717, 1.165) is 44.6 Å². The quantitative estimate of drug-likeness (QED) is 0.819. The molecule has 0 unspecified atom stereocenters. The highest BCUT2D eigenvalue weighted by molar-refractivity contribution is 5.88. The van der Waals surface area contributed by atoms with Gasteiger partial charge in [-0.2, -0.15) is 0 Å². The van der Waals surface area contributed by atoms with Crippen molar-refractivity contribution in [3.8, 4) is 5.75 Å². The van der Waals surface area contributed by atoms with E-state index in [-0.39, 0.29) is 0 Å². The summed E-state index contributed by atoms with van der Waals surface area (Å²) in [6.45, 7) is 1.64. The fourth-order valence-electron chi connectivity index (χ4n) is 3.22. The van der Waals surface area contributed by atoms with E-state index in [1.54, 1.807) is 0 Å². The Morgan fingerprint density at radius 2 is 1.81 bits per heavy atom. The van der Waals surface area contributed by atoms with Crippen molar-refractivity contribution in [2.75, 3.05) is 6.61 Å². The Morgan fingerprint density at radius 1 is 0.905 bits per heavy atom. The average Bonchev–Trinajstić information content (AvgIpc) is 2.98. The Balaban J connectivity index is 1.54. The lowest BCUT2D eigenvalue weighted by Gasteiger charge is -2.19. The molecule has 0 saturated carbocycles. The summed E-state index contributed by atoms with van der Waals surface area (Å²) in [5.74, 6) is 1.10. The molecule has 106 valence electrons. The van der Waals surface area contributed by atoms with Crippen LogP contribution in [0, 0.1) is 0 Å². The number of ether oxygens (including phenoxy) is 1. The van der Waals surface area contributed by atoms with Gasteiger partial charge in [-0.3, -0.25) is 4.99 Å². The summed E-state index contributed by atoms with van der Waals surface area (Å²) < 4.78 is 5.69. The number of rotatable bonds is 2. The van der Waals surface area contributed by atoms with Gasteiger partial charge in [-0.05, 0) is 41.2 Å². The van der Waals surface area contributed by atoms with Crippen molar-refractivity contribution in [3.05, 3.63) is 64.7 Å². The number of hydrogen-bond acceptors (Lipinski definition) is 2. The highest BCUT2D eigenvalue weighted by Gasteiger charge is 2.20. The van der Waals surface area contributed by atoms with Gasteiger partial charge < -0.3 is 4.74 Å². The molecule has 4 rings (SSSR count). The summed E-state index contributed by atoms with van der Waals surface area (Å²) in [6.07, 6.45) is 4.27. The largest absolute Gasteiger partial charge is 0.493 e. The van der Waals surface area contributed by atoms with Crippen molar-refractivity contribution in [1.29, 1.82) is 0 Å². The number of hydrogen-bond donors (Lipinski definition) is 0. The van der Waals surface area contributed by atoms with Crippen LogP contribution in [0.1, 0.15) is 28.7 Å². The molecular weight excluding hydrogens is 258 g/mol. The molecule has 0 bridgehead atoms. The lowest BCUT2D eigenvalue weighted by atomic mass is 9.88. The van der Waals surface area contributed by atoms with Crippen LogP contribution in [-0.4, -0.2) is 12.3 Å². The van der Waals surface area contributed by atoms with E-state index >= 15 is 0 Å². The first-order chi connectivity index (χ1) is 10.4. The fraction of sp³-hybridized carbons (Fsp3) is 0.316. The minimum Gasteiger partial charge on any atom is -0.493 e. The van der Waals surface area contributed by atoms with Gasteiger partial charge in [0.2, 0.25) is 0 Å². The van der Waals surface area contributed by atoms with Gasteiger partial charge in [-0.15, -0.1) is 0 Å². The Morgan fingerprint density at radius 3 is 2.71 bits per heavy atom. The van der Waals surface area contributed by atoms with Gasteiger partial charge in [0.05, 0.1) is 13.2 Å². The highest BCUT2D eigenvalue weighted by atomic mass is 16.5. The van der Waals surface area contributed by atoms with Crippen LogP contribution in [0.5, 0.6) is 5.75 Å². The third-order valence-corrected chi connectivity index (χ3v) is 4.42. The van der Waals surface area contributed by atoms with Crippen molar-refractivity contribution in [2.45, 2.75) is 32.2 Å². The number of nitrogens with zero attached hydrogens (tertiary/aromatic N) is 1. The van der Waals surface area contributed by atoms with E-state index in [0.29, 0.717) is 0 Å². The van der Waals surface area contributed by atoms with Crippen LogP contribution in [0.25, 0.3) is 0 Å². The summed E-state index contributed by atoms with van der Waals surface area (Å²) in [5.41, 5.74) is 6.91. The van der Waals surface area contributed by atoms with Gasteiger partial charge in [-0.1, -0.05) is 36.4 Å². The summed E-state index contributed by atoms with van der Waals surface area (Å²) >= 11 is 0. The summed E-state index contributed by atoms with van der Waals surface area (Å²) in [5, 5.41) is 0. The number of fused-ring (bicyclic) bond motifs is 2. The number of aliphatic imine (C=N–C) groups is 1. The molecule has 0 amide bonds. The molecule has 0 N–H and O–H groups in total. The van der Waals surface area contributed by atoms with Gasteiger partial charge >= 0.3 is 0 Å². The van der Waals surface area contributed by atoms with Crippen LogP contribution < -0.4 is 4.74 Å². The standard InChI is InChI=1S/C19H19NO/c1-2-4-14(5-3-1)13-20-18-7-6-15-10-16-8-9-21-19(16)12-17(15)11-18/h1-5,10,12H,6-9,11,13H2/b20-18-. The normalized spacial score (nSPS) is 18.2. The predicted octanol–water partition coefficient (Wildman–Crippen LogP) is 3.75. The van der Waals surface area contributed by atoms with Gasteiger partial charge in [0.1, 0.15) is 5.75 Å². The summed E-state index contributed by atoms with van der Waals surface area (Å²) in [7, 11) is 0. The smallest absolute Gasteiger partial charge is 0.122 e. The van der Waals surface area contributed by atoms with Gasteiger partial charge in [-0.25, -0.2) is 0 Å². The van der Waals surface area contributed by atoms with Crippen molar-refractivity contribution in [3.63, 3.8) is 0 Å². The second-order valence-electron chi connectivity index (χ2n) is 5.87. The minimum atomic E-state index is 0.799. The van der Waals surface area contributed by atoms with Crippen molar-refractivity contribution < 1.29 is 4.74 Å². The maximum atomic E-state index is 5.69. The molecule has 2 aromatic carbocycles. The Bertz CT molecular complexity index is 688. The van der Waals surface area contributed by atoms with E-state index in [2.05, 4.69) is 36.4 Å². The molecule has 0 saturated heterocycles. The average molecular weight is 277 g/mol. The number of benzene rings is 2. The van der Waals surface area contributed by atoms with Crippen molar-refractivity contribution >= 4 is 5.71 Å². The zero-order valence-electron chi connectivity index (χ0n) is 12.1. The summed E-state index contributed by atoms with van der Waals surface area (Å²) in [6, 6.07) is 15.1. The van der Waals surface area contributed by atoms with Crippen LogP contribution in [-0.2, 0) is 25.8 Å². The van der Waals surface area contributed by atoms with Crippen LogP contribution >= 0.6 is 0 Å². The molecule has 21 heavy (non-hydrogen) atoms. The monoisotopic (exact) mass is 277 g/mol. The zero-order valence-corrected chi connectivity index (χ0v) is 12.1. The van der Waals surface area contributed by atoms with E-state index in [1.807, 2.05) is 6.07 Å². The SMILES string of the molecule is c1ccc(C/N=C2/CCc3cc4c(cc3C2)OCC4)cc1. The molecule has 2 nitrogen and oxygen atoms in total. The van der Waals surface area contributed by atoms with Gasteiger partial charge in [0.15, 0.2) is 0 Å². The third kappa shape index (κ3) is 2.58. The molecule has 1 heterocycles. The molecule has 2 heteroatoms. The molecule has 0 radical (unpaired) electrons. The van der Waals surface area contributed by atoms with E-state index in [1.165, 1.54) is 28.0 Å². The minimum absolute atomic E-state index is 0.799. The second-order valence-corrected chi connectivity index (χ2v) is 5.87. The maximum absolute atomic E-state index is 5.69. The zero-order chi connectivity index (χ0) is 14.1. The van der Waals surface area contributed by atoms with Crippen LogP contribution in [0.2, 0.25) is 0 Å². The van der Waals surface area contributed by atoms with Crippen LogP contribution in [0.3, 0.4) is 0 Å². The highest BCUT2D eigenvalue weighted by Crippen LogP contribution is 2.32. The third-order valence-electron chi connectivity index (χ3n) is 4.42. The molecule has 0 atom stereocenters. The van der Waals surface area contributed by atoms with Crippen molar-refractivity contribution in [1.82, 2.24) is 0 Å². The first kappa shape index (κ1) is 12.6. The lowest BCUT2D eigenvalue weighted by molar-refractivity contribution is 0.356.